The minimum atomic E-state index is -0.0821. The van der Waals surface area contributed by atoms with E-state index in [1.165, 1.54) is 0 Å². The molecule has 1 N–H and O–H groups in total. The first kappa shape index (κ1) is 14.3. The van der Waals surface area contributed by atoms with Crippen LogP contribution in [0.5, 0.6) is 0 Å². The van der Waals surface area contributed by atoms with Crippen LogP contribution in [-0.2, 0) is 11.2 Å². The Hall–Kier alpha value is -2.16. The van der Waals surface area contributed by atoms with Gasteiger partial charge in [-0.2, -0.15) is 5.10 Å². The van der Waals surface area contributed by atoms with Crippen molar-refractivity contribution in [2.75, 3.05) is 0 Å². The molecule has 2 aromatic rings. The summed E-state index contributed by atoms with van der Waals surface area (Å²) in [6.07, 6.45) is 2.97. The summed E-state index contributed by atoms with van der Waals surface area (Å²) in [6.45, 7) is 4.23. The molecule has 104 valence electrons. The van der Waals surface area contributed by atoms with Crippen LogP contribution < -0.4 is 5.43 Å². The molecular weight excluding hydrogens is 248 g/mol. The van der Waals surface area contributed by atoms with Crippen LogP contribution in [0.2, 0.25) is 0 Å². The molecule has 3 heteroatoms. The number of carbonyl (C=O) groups excluding carboxylic acids is 1. The van der Waals surface area contributed by atoms with Crippen LogP contribution in [-0.4, -0.2) is 12.1 Å². The molecule has 2 rings (SSSR count). The molecule has 0 atom stereocenters. The third kappa shape index (κ3) is 3.92. The van der Waals surface area contributed by atoms with Gasteiger partial charge in [0.2, 0.25) is 5.91 Å². The van der Waals surface area contributed by atoms with Gasteiger partial charge in [0.05, 0.1) is 6.42 Å². The Balaban J connectivity index is 2.01. The summed E-state index contributed by atoms with van der Waals surface area (Å²) in [7, 11) is 0. The fourth-order valence-electron chi connectivity index (χ4n) is 2.04. The minimum absolute atomic E-state index is 0.0821. The van der Waals surface area contributed by atoms with E-state index in [0.29, 0.717) is 12.3 Å². The van der Waals surface area contributed by atoms with Crippen molar-refractivity contribution >= 4 is 22.9 Å². The second-order valence-electron chi connectivity index (χ2n) is 5.29. The van der Waals surface area contributed by atoms with Crippen molar-refractivity contribution < 1.29 is 4.79 Å². The van der Waals surface area contributed by atoms with Gasteiger partial charge in [0.25, 0.3) is 0 Å². The highest BCUT2D eigenvalue weighted by Crippen LogP contribution is 2.18. The van der Waals surface area contributed by atoms with Crippen molar-refractivity contribution in [2.45, 2.75) is 26.7 Å². The number of nitrogens with one attached hydrogen (secondary N) is 1. The molecule has 0 unspecified atom stereocenters. The Morgan fingerprint density at radius 2 is 1.95 bits per heavy atom. The molecule has 0 aliphatic carbocycles. The lowest BCUT2D eigenvalue weighted by molar-refractivity contribution is -0.120. The molecule has 0 aromatic heterocycles. The van der Waals surface area contributed by atoms with Crippen LogP contribution in [0.15, 0.2) is 47.6 Å². The molecule has 1 amide bonds. The van der Waals surface area contributed by atoms with Crippen molar-refractivity contribution in [3.8, 4) is 0 Å². The highest BCUT2D eigenvalue weighted by molar-refractivity contribution is 5.90. The topological polar surface area (TPSA) is 41.5 Å². The van der Waals surface area contributed by atoms with Crippen molar-refractivity contribution in [1.82, 2.24) is 5.43 Å². The van der Waals surface area contributed by atoms with E-state index in [0.717, 1.165) is 22.8 Å². The lowest BCUT2D eigenvalue weighted by Gasteiger charge is -2.05. The number of hydrogen-bond acceptors (Lipinski definition) is 2. The van der Waals surface area contributed by atoms with Gasteiger partial charge in [0.1, 0.15) is 0 Å². The first-order valence-corrected chi connectivity index (χ1v) is 6.94. The van der Waals surface area contributed by atoms with Crippen molar-refractivity contribution in [2.24, 2.45) is 11.0 Å². The first-order chi connectivity index (χ1) is 9.66. The van der Waals surface area contributed by atoms with Gasteiger partial charge in [-0.15, -0.1) is 0 Å². The molecule has 0 aliphatic rings. The zero-order valence-corrected chi connectivity index (χ0v) is 12.0. The number of rotatable bonds is 5. The fourth-order valence-corrected chi connectivity index (χ4v) is 2.04. The predicted octanol–water partition coefficient (Wildman–Crippen LogP) is 3.53. The van der Waals surface area contributed by atoms with Gasteiger partial charge in [-0.25, -0.2) is 5.43 Å². The van der Waals surface area contributed by atoms with E-state index in [2.05, 4.69) is 36.5 Å². The average molecular weight is 268 g/mol. The third-order valence-electron chi connectivity index (χ3n) is 3.09. The van der Waals surface area contributed by atoms with Crippen molar-refractivity contribution in [3.63, 3.8) is 0 Å². The van der Waals surface area contributed by atoms with Gasteiger partial charge in [-0.1, -0.05) is 56.3 Å². The summed E-state index contributed by atoms with van der Waals surface area (Å²) in [5.41, 5.74) is 3.61. The Morgan fingerprint density at radius 1 is 1.20 bits per heavy atom. The molecule has 0 spiro atoms. The molecule has 0 saturated carbocycles. The number of fused-ring (bicyclic) bond motifs is 1. The fraction of sp³-hybridized carbons (Fsp3) is 0.294. The van der Waals surface area contributed by atoms with Gasteiger partial charge in [-0.3, -0.25) is 4.79 Å². The number of hydrogen-bond donors (Lipinski definition) is 1. The van der Waals surface area contributed by atoms with Gasteiger partial charge < -0.3 is 0 Å². The Kier molecular flexibility index (Phi) is 4.88. The van der Waals surface area contributed by atoms with Crippen molar-refractivity contribution in [1.29, 1.82) is 0 Å². The van der Waals surface area contributed by atoms with E-state index in [-0.39, 0.29) is 5.91 Å². The minimum Gasteiger partial charge on any atom is -0.273 e. The largest absolute Gasteiger partial charge is 0.273 e. The smallest absolute Gasteiger partial charge is 0.244 e. The van der Waals surface area contributed by atoms with E-state index >= 15 is 0 Å². The Labute approximate surface area is 119 Å². The molecular formula is C17H20N2O. The summed E-state index contributed by atoms with van der Waals surface area (Å²) in [6, 6.07) is 14.1. The van der Waals surface area contributed by atoms with Crippen LogP contribution in [0.25, 0.3) is 10.8 Å². The first-order valence-electron chi connectivity index (χ1n) is 6.94. The van der Waals surface area contributed by atoms with Crippen LogP contribution in [0.3, 0.4) is 0 Å². The van der Waals surface area contributed by atoms with Crippen LogP contribution in [0.4, 0.5) is 0 Å². The molecule has 0 bridgehead atoms. The third-order valence-corrected chi connectivity index (χ3v) is 3.09. The molecule has 0 radical (unpaired) electrons. The summed E-state index contributed by atoms with van der Waals surface area (Å²) < 4.78 is 0. The number of hydrazone groups is 1. The normalized spacial score (nSPS) is 11.3. The summed E-state index contributed by atoms with van der Waals surface area (Å²) in [5.74, 6) is 0.468. The highest BCUT2D eigenvalue weighted by Gasteiger charge is 2.05. The number of nitrogens with zero attached hydrogens (tertiary/aromatic N) is 1. The Morgan fingerprint density at radius 3 is 2.75 bits per heavy atom. The molecule has 0 fully saturated rings. The van der Waals surface area contributed by atoms with E-state index in [1.807, 2.05) is 30.3 Å². The quantitative estimate of drug-likeness (QED) is 0.654. The maximum atomic E-state index is 11.9. The Bertz CT molecular complexity index is 612. The van der Waals surface area contributed by atoms with Gasteiger partial charge >= 0.3 is 0 Å². The van der Waals surface area contributed by atoms with Crippen LogP contribution in [0.1, 0.15) is 25.8 Å². The summed E-state index contributed by atoms with van der Waals surface area (Å²) in [4.78, 5) is 11.9. The monoisotopic (exact) mass is 268 g/mol. The number of amides is 1. The summed E-state index contributed by atoms with van der Waals surface area (Å²) >= 11 is 0. The van der Waals surface area contributed by atoms with E-state index in [1.54, 1.807) is 6.21 Å². The maximum Gasteiger partial charge on any atom is 0.244 e. The zero-order chi connectivity index (χ0) is 14.4. The maximum absolute atomic E-state index is 11.9. The second-order valence-corrected chi connectivity index (χ2v) is 5.29. The highest BCUT2D eigenvalue weighted by atomic mass is 16.2. The number of carbonyl (C=O) groups is 1. The lowest BCUT2D eigenvalue weighted by atomic mass is 10.0. The zero-order valence-electron chi connectivity index (χ0n) is 12.0. The second kappa shape index (κ2) is 6.85. The lowest BCUT2D eigenvalue weighted by Crippen LogP contribution is -2.19. The van der Waals surface area contributed by atoms with Gasteiger partial charge in [0, 0.05) is 6.21 Å². The predicted molar refractivity (Wildman–Crippen MR) is 83.7 cm³/mol. The van der Waals surface area contributed by atoms with E-state index < -0.39 is 0 Å². The number of benzene rings is 2. The molecule has 3 nitrogen and oxygen atoms in total. The molecule has 0 saturated heterocycles. The summed E-state index contributed by atoms with van der Waals surface area (Å²) in [5, 5.41) is 6.24. The van der Waals surface area contributed by atoms with Gasteiger partial charge in [-0.05, 0) is 28.7 Å². The average Bonchev–Trinajstić information content (AvgIpc) is 2.44. The van der Waals surface area contributed by atoms with Crippen molar-refractivity contribution in [3.05, 3.63) is 48.0 Å². The molecule has 20 heavy (non-hydrogen) atoms. The molecule has 0 heterocycles. The molecule has 0 aliphatic heterocycles. The SMILES string of the molecule is CC(C)C/C=N/NC(=O)Cc1cccc2ccccc12. The van der Waals surface area contributed by atoms with E-state index in [4.69, 9.17) is 0 Å². The van der Waals surface area contributed by atoms with E-state index in [9.17, 15) is 4.79 Å². The van der Waals surface area contributed by atoms with Gasteiger partial charge in [0.15, 0.2) is 0 Å². The molecule has 2 aromatic carbocycles. The van der Waals surface area contributed by atoms with Crippen LogP contribution in [0, 0.1) is 5.92 Å². The van der Waals surface area contributed by atoms with Crippen LogP contribution >= 0.6 is 0 Å². The standard InChI is InChI=1S/C17H20N2O/c1-13(2)10-11-18-19-17(20)12-15-8-5-7-14-6-3-4-9-16(14)15/h3-9,11,13H,10,12H2,1-2H3,(H,19,20)/b18-11+.